The van der Waals surface area contributed by atoms with Gasteiger partial charge >= 0.3 is 5.97 Å². The van der Waals surface area contributed by atoms with Crippen LogP contribution in [0.15, 0.2) is 24.7 Å². The van der Waals surface area contributed by atoms with E-state index in [2.05, 4.69) is 10.2 Å². The summed E-state index contributed by atoms with van der Waals surface area (Å²) in [7, 11) is 0. The second kappa shape index (κ2) is 5.02. The van der Waals surface area contributed by atoms with E-state index in [0.29, 0.717) is 37.4 Å². The molecule has 2 aliphatic rings. The van der Waals surface area contributed by atoms with E-state index in [0.717, 1.165) is 0 Å². The van der Waals surface area contributed by atoms with Gasteiger partial charge in [-0.3, -0.25) is 14.0 Å². The van der Waals surface area contributed by atoms with Gasteiger partial charge < -0.3 is 14.7 Å². The standard InChI is InChI=1S/C15H16N4O4/c20-13(10-1-2-12-17-16-9-19(12)5-10)18-6-11-7-23-4-3-15(11,8-18)14(21)22/h1-2,5,9,11H,3-4,6-8H2,(H,21,22)/t11-,15+/m0/s1. The molecule has 8 heteroatoms. The Morgan fingerprint density at radius 2 is 2.26 bits per heavy atom. The van der Waals surface area contributed by atoms with Gasteiger partial charge in [0, 0.05) is 31.8 Å². The molecule has 2 aromatic rings. The third kappa shape index (κ3) is 2.09. The van der Waals surface area contributed by atoms with Crippen molar-refractivity contribution in [1.29, 1.82) is 0 Å². The largest absolute Gasteiger partial charge is 0.481 e. The van der Waals surface area contributed by atoms with Gasteiger partial charge in [0.1, 0.15) is 6.33 Å². The topological polar surface area (TPSA) is 97.0 Å². The fourth-order valence-corrected chi connectivity index (χ4v) is 3.59. The fourth-order valence-electron chi connectivity index (χ4n) is 3.59. The lowest BCUT2D eigenvalue weighted by atomic mass is 9.74. The van der Waals surface area contributed by atoms with Crippen molar-refractivity contribution >= 4 is 17.5 Å². The second-order valence-electron chi connectivity index (χ2n) is 6.18. The molecule has 2 aliphatic heterocycles. The SMILES string of the molecule is O=C(c1ccc2nncn2c1)N1C[C@H]2COCC[C@@]2(C(=O)O)C1. The first-order chi connectivity index (χ1) is 11.1. The Labute approximate surface area is 131 Å². The molecule has 0 bridgehead atoms. The van der Waals surface area contributed by atoms with Crippen molar-refractivity contribution in [3.63, 3.8) is 0 Å². The zero-order valence-corrected chi connectivity index (χ0v) is 12.4. The van der Waals surface area contributed by atoms with Crippen LogP contribution in [0.25, 0.3) is 5.65 Å². The van der Waals surface area contributed by atoms with Gasteiger partial charge in [0.2, 0.25) is 0 Å². The number of aromatic nitrogens is 3. The summed E-state index contributed by atoms with van der Waals surface area (Å²) in [6.45, 7) is 1.46. The minimum absolute atomic E-state index is 0.156. The molecule has 0 unspecified atom stereocenters. The molecule has 4 rings (SSSR count). The smallest absolute Gasteiger partial charge is 0.311 e. The Kier molecular flexibility index (Phi) is 3.08. The fraction of sp³-hybridized carbons (Fsp3) is 0.467. The maximum atomic E-state index is 12.8. The Morgan fingerprint density at radius 3 is 3.04 bits per heavy atom. The molecule has 0 aliphatic carbocycles. The van der Waals surface area contributed by atoms with Crippen molar-refractivity contribution in [1.82, 2.24) is 19.5 Å². The molecule has 0 aromatic carbocycles. The minimum atomic E-state index is -0.880. The zero-order valence-electron chi connectivity index (χ0n) is 12.4. The number of carbonyl (C=O) groups is 2. The lowest BCUT2D eigenvalue weighted by molar-refractivity contribution is -0.157. The van der Waals surface area contributed by atoms with Crippen LogP contribution in [-0.2, 0) is 9.53 Å². The van der Waals surface area contributed by atoms with Crippen molar-refractivity contribution in [3.05, 3.63) is 30.2 Å². The van der Waals surface area contributed by atoms with Gasteiger partial charge in [-0.05, 0) is 18.6 Å². The molecular weight excluding hydrogens is 300 g/mol. The Bertz CT molecular complexity index is 789. The predicted molar refractivity (Wildman–Crippen MR) is 77.9 cm³/mol. The van der Waals surface area contributed by atoms with E-state index in [1.54, 1.807) is 27.6 Å². The normalized spacial score (nSPS) is 27.1. The predicted octanol–water partition coefficient (Wildman–Crippen LogP) is 0.293. The van der Waals surface area contributed by atoms with Crippen molar-refractivity contribution in [2.24, 2.45) is 11.3 Å². The number of fused-ring (bicyclic) bond motifs is 2. The highest BCUT2D eigenvalue weighted by Gasteiger charge is 2.54. The molecule has 1 N–H and O–H groups in total. The van der Waals surface area contributed by atoms with E-state index in [1.165, 1.54) is 6.33 Å². The van der Waals surface area contributed by atoms with Gasteiger partial charge in [0.25, 0.3) is 5.91 Å². The number of pyridine rings is 1. The van der Waals surface area contributed by atoms with Crippen LogP contribution in [0.5, 0.6) is 0 Å². The van der Waals surface area contributed by atoms with E-state index >= 15 is 0 Å². The lowest BCUT2D eigenvalue weighted by Crippen LogP contribution is -2.45. The van der Waals surface area contributed by atoms with Gasteiger partial charge in [-0.1, -0.05) is 0 Å². The summed E-state index contributed by atoms with van der Waals surface area (Å²) in [5.74, 6) is -1.16. The van der Waals surface area contributed by atoms with Gasteiger partial charge in [0.15, 0.2) is 5.65 Å². The van der Waals surface area contributed by atoms with E-state index in [-0.39, 0.29) is 18.4 Å². The maximum absolute atomic E-state index is 12.8. The first kappa shape index (κ1) is 14.1. The van der Waals surface area contributed by atoms with E-state index in [9.17, 15) is 14.7 Å². The quantitative estimate of drug-likeness (QED) is 0.855. The summed E-state index contributed by atoms with van der Waals surface area (Å²) in [4.78, 5) is 26.2. The van der Waals surface area contributed by atoms with Crippen LogP contribution in [0.2, 0.25) is 0 Å². The van der Waals surface area contributed by atoms with Gasteiger partial charge in [-0.15, -0.1) is 10.2 Å². The highest BCUT2D eigenvalue weighted by atomic mass is 16.5. The number of hydrogen-bond donors (Lipinski definition) is 1. The Hall–Kier alpha value is -2.48. The number of likely N-dealkylation sites (tertiary alicyclic amines) is 1. The van der Waals surface area contributed by atoms with Crippen LogP contribution < -0.4 is 0 Å². The molecule has 0 saturated carbocycles. The molecule has 0 radical (unpaired) electrons. The third-order valence-electron chi connectivity index (χ3n) is 4.96. The Morgan fingerprint density at radius 1 is 1.39 bits per heavy atom. The van der Waals surface area contributed by atoms with Crippen molar-refractivity contribution in [2.75, 3.05) is 26.3 Å². The summed E-state index contributed by atoms with van der Waals surface area (Å²) < 4.78 is 7.09. The van der Waals surface area contributed by atoms with Crippen LogP contribution >= 0.6 is 0 Å². The Balaban J connectivity index is 1.63. The number of aliphatic carboxylic acids is 1. The number of carboxylic acid groups (broad SMARTS) is 1. The molecule has 2 saturated heterocycles. The maximum Gasteiger partial charge on any atom is 0.311 e. The number of nitrogens with zero attached hydrogens (tertiary/aromatic N) is 4. The van der Waals surface area contributed by atoms with E-state index in [4.69, 9.17) is 4.74 Å². The first-order valence-electron chi connectivity index (χ1n) is 7.50. The van der Waals surface area contributed by atoms with Gasteiger partial charge in [-0.2, -0.15) is 0 Å². The molecule has 23 heavy (non-hydrogen) atoms. The number of amides is 1. The molecule has 2 fully saturated rings. The summed E-state index contributed by atoms with van der Waals surface area (Å²) in [5, 5.41) is 17.4. The van der Waals surface area contributed by atoms with Crippen molar-refractivity contribution in [3.8, 4) is 0 Å². The molecule has 1 amide bonds. The van der Waals surface area contributed by atoms with Crippen LogP contribution in [0.3, 0.4) is 0 Å². The molecule has 120 valence electrons. The summed E-state index contributed by atoms with van der Waals surface area (Å²) >= 11 is 0. The van der Waals surface area contributed by atoms with Crippen LogP contribution in [0.4, 0.5) is 0 Å². The third-order valence-corrected chi connectivity index (χ3v) is 4.96. The summed E-state index contributed by atoms with van der Waals surface area (Å²) in [6, 6.07) is 3.41. The zero-order chi connectivity index (χ0) is 16.0. The molecule has 4 heterocycles. The summed E-state index contributed by atoms with van der Waals surface area (Å²) in [5.41, 5.74) is 0.277. The highest BCUT2D eigenvalue weighted by molar-refractivity contribution is 5.95. The molecule has 2 aromatic heterocycles. The number of hydrogen-bond acceptors (Lipinski definition) is 5. The van der Waals surface area contributed by atoms with Crippen LogP contribution in [0, 0.1) is 11.3 Å². The van der Waals surface area contributed by atoms with E-state index < -0.39 is 11.4 Å². The van der Waals surface area contributed by atoms with Crippen LogP contribution in [0.1, 0.15) is 16.8 Å². The van der Waals surface area contributed by atoms with E-state index in [1.807, 2.05) is 0 Å². The molecule has 8 nitrogen and oxygen atoms in total. The monoisotopic (exact) mass is 316 g/mol. The number of ether oxygens (including phenoxy) is 1. The second-order valence-corrected chi connectivity index (χ2v) is 6.18. The number of carbonyl (C=O) groups excluding carboxylic acids is 1. The molecular formula is C15H16N4O4. The lowest BCUT2D eigenvalue weighted by Gasteiger charge is -2.33. The number of rotatable bonds is 2. The first-order valence-corrected chi connectivity index (χ1v) is 7.50. The highest BCUT2D eigenvalue weighted by Crippen LogP contribution is 2.42. The van der Waals surface area contributed by atoms with Crippen molar-refractivity contribution < 1.29 is 19.4 Å². The summed E-state index contributed by atoms with van der Waals surface area (Å²) in [6.07, 6.45) is 3.65. The van der Waals surface area contributed by atoms with Crippen molar-refractivity contribution in [2.45, 2.75) is 6.42 Å². The van der Waals surface area contributed by atoms with Gasteiger partial charge in [0.05, 0.1) is 17.6 Å². The molecule has 2 atom stereocenters. The minimum Gasteiger partial charge on any atom is -0.481 e. The van der Waals surface area contributed by atoms with Crippen LogP contribution in [-0.4, -0.2) is 62.8 Å². The molecule has 0 spiro atoms. The van der Waals surface area contributed by atoms with Gasteiger partial charge in [-0.25, -0.2) is 0 Å². The number of carboxylic acids is 1. The average molecular weight is 316 g/mol. The average Bonchev–Trinajstić information content (AvgIpc) is 3.18.